The molecule has 2 aromatic rings. The Bertz CT molecular complexity index is 835. The van der Waals surface area contributed by atoms with E-state index in [0.29, 0.717) is 16.8 Å². The van der Waals surface area contributed by atoms with E-state index in [-0.39, 0.29) is 6.54 Å². The first-order valence-corrected chi connectivity index (χ1v) is 8.73. The second-order valence-electron chi connectivity index (χ2n) is 6.53. The monoisotopic (exact) mass is 349 g/mol. The molecule has 1 saturated heterocycles. The summed E-state index contributed by atoms with van der Waals surface area (Å²) in [5.41, 5.74) is 2.48. The molecular formula is C20H19N3O3. The van der Waals surface area contributed by atoms with Gasteiger partial charge in [-0.2, -0.15) is 0 Å². The Morgan fingerprint density at radius 3 is 2.04 bits per heavy atom. The molecule has 6 nitrogen and oxygen atoms in total. The maximum Gasteiger partial charge on any atom is 0.262 e. The van der Waals surface area contributed by atoms with E-state index in [9.17, 15) is 14.4 Å². The van der Waals surface area contributed by atoms with Crippen LogP contribution in [-0.4, -0.2) is 42.3 Å². The number of anilines is 2. The highest BCUT2D eigenvalue weighted by Crippen LogP contribution is 2.23. The molecule has 26 heavy (non-hydrogen) atoms. The van der Waals surface area contributed by atoms with Crippen molar-refractivity contribution < 1.29 is 14.4 Å². The summed E-state index contributed by atoms with van der Waals surface area (Å²) in [6, 6.07) is 14.2. The molecule has 1 fully saturated rings. The summed E-state index contributed by atoms with van der Waals surface area (Å²) in [5, 5.41) is 2.75. The van der Waals surface area contributed by atoms with Gasteiger partial charge in [-0.1, -0.05) is 12.1 Å². The highest BCUT2D eigenvalue weighted by atomic mass is 16.2. The average Bonchev–Trinajstić information content (AvgIpc) is 3.27. The summed E-state index contributed by atoms with van der Waals surface area (Å²) in [4.78, 5) is 40.2. The van der Waals surface area contributed by atoms with Gasteiger partial charge in [0.25, 0.3) is 11.8 Å². The lowest BCUT2D eigenvalue weighted by Gasteiger charge is -2.18. The molecule has 0 saturated carbocycles. The summed E-state index contributed by atoms with van der Waals surface area (Å²) < 4.78 is 0. The lowest BCUT2D eigenvalue weighted by molar-refractivity contribution is -0.116. The molecule has 3 amide bonds. The molecule has 0 bridgehead atoms. The number of imide groups is 1. The first-order chi connectivity index (χ1) is 12.6. The Balaban J connectivity index is 1.40. The number of benzene rings is 2. The first kappa shape index (κ1) is 16.3. The quantitative estimate of drug-likeness (QED) is 0.861. The van der Waals surface area contributed by atoms with Crippen LogP contribution >= 0.6 is 0 Å². The number of carbonyl (C=O) groups excluding carboxylic acids is 3. The highest BCUT2D eigenvalue weighted by Gasteiger charge is 2.36. The molecule has 2 aliphatic rings. The van der Waals surface area contributed by atoms with Gasteiger partial charge in [0.2, 0.25) is 5.91 Å². The van der Waals surface area contributed by atoms with Gasteiger partial charge in [0.15, 0.2) is 0 Å². The van der Waals surface area contributed by atoms with Crippen LogP contribution in [0.5, 0.6) is 0 Å². The molecule has 0 aromatic heterocycles. The summed E-state index contributed by atoms with van der Waals surface area (Å²) in [6.07, 6.45) is 2.41. The van der Waals surface area contributed by atoms with Crippen molar-refractivity contribution in [3.8, 4) is 0 Å². The largest absolute Gasteiger partial charge is 0.372 e. The fourth-order valence-electron chi connectivity index (χ4n) is 3.46. The first-order valence-electron chi connectivity index (χ1n) is 8.73. The third-order valence-electron chi connectivity index (χ3n) is 4.80. The maximum atomic E-state index is 12.3. The second kappa shape index (κ2) is 6.63. The molecule has 6 heteroatoms. The molecule has 0 spiro atoms. The normalized spacial score (nSPS) is 16.2. The Kier molecular flexibility index (Phi) is 4.16. The van der Waals surface area contributed by atoms with Crippen LogP contribution < -0.4 is 10.2 Å². The number of hydrogen-bond donors (Lipinski definition) is 1. The highest BCUT2D eigenvalue weighted by molar-refractivity contribution is 6.22. The minimum atomic E-state index is -0.426. The Morgan fingerprint density at radius 1 is 0.885 bits per heavy atom. The van der Waals surface area contributed by atoms with Gasteiger partial charge < -0.3 is 10.2 Å². The van der Waals surface area contributed by atoms with E-state index in [4.69, 9.17) is 0 Å². The van der Waals surface area contributed by atoms with Gasteiger partial charge in [-0.05, 0) is 49.2 Å². The summed E-state index contributed by atoms with van der Waals surface area (Å²) in [7, 11) is 0. The van der Waals surface area contributed by atoms with Gasteiger partial charge in [-0.3, -0.25) is 19.3 Å². The predicted octanol–water partition coefficient (Wildman–Crippen LogP) is 2.52. The minimum absolute atomic E-state index is 0.291. The molecule has 4 rings (SSSR count). The van der Waals surface area contributed by atoms with Crippen LogP contribution in [0.15, 0.2) is 48.5 Å². The molecule has 1 N–H and O–H groups in total. The van der Waals surface area contributed by atoms with E-state index in [0.717, 1.165) is 23.7 Å². The number of carbonyl (C=O) groups is 3. The molecule has 2 aliphatic heterocycles. The van der Waals surface area contributed by atoms with Crippen molar-refractivity contribution in [2.45, 2.75) is 12.8 Å². The molecule has 0 radical (unpaired) electrons. The van der Waals surface area contributed by atoms with Gasteiger partial charge in [-0.15, -0.1) is 0 Å². The fourth-order valence-corrected chi connectivity index (χ4v) is 3.46. The van der Waals surface area contributed by atoms with Crippen molar-refractivity contribution in [3.05, 3.63) is 59.7 Å². The van der Waals surface area contributed by atoms with Crippen molar-refractivity contribution in [1.82, 2.24) is 4.90 Å². The molecule has 0 atom stereocenters. The maximum absolute atomic E-state index is 12.3. The van der Waals surface area contributed by atoms with E-state index >= 15 is 0 Å². The van der Waals surface area contributed by atoms with Crippen LogP contribution in [0.2, 0.25) is 0 Å². The number of fused-ring (bicyclic) bond motifs is 1. The van der Waals surface area contributed by atoms with E-state index < -0.39 is 17.7 Å². The SMILES string of the molecule is O=C(CN1C(=O)c2ccccc2C1=O)Nc1ccc(N2CCCC2)cc1. The van der Waals surface area contributed by atoms with Crippen LogP contribution in [0.3, 0.4) is 0 Å². The number of hydrogen-bond acceptors (Lipinski definition) is 4. The van der Waals surface area contributed by atoms with Gasteiger partial charge in [0, 0.05) is 24.5 Å². The zero-order valence-corrected chi connectivity index (χ0v) is 14.3. The van der Waals surface area contributed by atoms with Crippen molar-refractivity contribution in [1.29, 1.82) is 0 Å². The van der Waals surface area contributed by atoms with Crippen LogP contribution in [0.1, 0.15) is 33.6 Å². The molecule has 2 heterocycles. The lowest BCUT2D eigenvalue weighted by atomic mass is 10.1. The van der Waals surface area contributed by atoms with Crippen molar-refractivity contribution in [3.63, 3.8) is 0 Å². The lowest BCUT2D eigenvalue weighted by Crippen LogP contribution is -2.37. The number of rotatable bonds is 4. The Morgan fingerprint density at radius 2 is 1.46 bits per heavy atom. The van der Waals surface area contributed by atoms with Crippen LogP contribution in [0.4, 0.5) is 11.4 Å². The van der Waals surface area contributed by atoms with E-state index in [1.165, 1.54) is 12.8 Å². The van der Waals surface area contributed by atoms with Crippen molar-refractivity contribution in [2.24, 2.45) is 0 Å². The number of nitrogens with zero attached hydrogens (tertiary/aromatic N) is 2. The van der Waals surface area contributed by atoms with Crippen molar-refractivity contribution in [2.75, 3.05) is 29.9 Å². The Hall–Kier alpha value is -3.15. The standard InChI is InChI=1S/C20H19N3O3/c24-18(13-23-19(25)16-5-1-2-6-17(16)20(23)26)21-14-7-9-15(10-8-14)22-11-3-4-12-22/h1-2,5-10H,3-4,11-13H2,(H,21,24). The summed E-state index contributed by atoms with van der Waals surface area (Å²) >= 11 is 0. The summed E-state index contributed by atoms with van der Waals surface area (Å²) in [6.45, 7) is 1.83. The molecule has 0 aliphatic carbocycles. The van der Waals surface area contributed by atoms with E-state index in [2.05, 4.69) is 10.2 Å². The number of amides is 3. The third kappa shape index (κ3) is 2.94. The molecular weight excluding hydrogens is 330 g/mol. The zero-order chi connectivity index (χ0) is 18.1. The van der Waals surface area contributed by atoms with E-state index in [1.807, 2.05) is 24.3 Å². The van der Waals surface area contributed by atoms with Gasteiger partial charge in [-0.25, -0.2) is 0 Å². The zero-order valence-electron chi connectivity index (χ0n) is 14.3. The van der Waals surface area contributed by atoms with Gasteiger partial charge in [0.05, 0.1) is 11.1 Å². The second-order valence-corrected chi connectivity index (χ2v) is 6.53. The Labute approximate surface area is 151 Å². The smallest absolute Gasteiger partial charge is 0.262 e. The van der Waals surface area contributed by atoms with Crippen LogP contribution in [-0.2, 0) is 4.79 Å². The van der Waals surface area contributed by atoms with Crippen LogP contribution in [0.25, 0.3) is 0 Å². The predicted molar refractivity (Wildman–Crippen MR) is 98.3 cm³/mol. The van der Waals surface area contributed by atoms with Crippen LogP contribution in [0, 0.1) is 0 Å². The topological polar surface area (TPSA) is 69.7 Å². The average molecular weight is 349 g/mol. The molecule has 2 aromatic carbocycles. The van der Waals surface area contributed by atoms with Crippen molar-refractivity contribution >= 4 is 29.1 Å². The summed E-state index contributed by atoms with van der Waals surface area (Å²) in [5.74, 6) is -1.25. The minimum Gasteiger partial charge on any atom is -0.372 e. The number of nitrogens with one attached hydrogen (secondary N) is 1. The van der Waals surface area contributed by atoms with E-state index in [1.54, 1.807) is 24.3 Å². The molecule has 0 unspecified atom stereocenters. The fraction of sp³-hybridized carbons (Fsp3) is 0.250. The third-order valence-corrected chi connectivity index (χ3v) is 4.80. The van der Waals surface area contributed by atoms with Gasteiger partial charge >= 0.3 is 0 Å². The molecule has 132 valence electrons. The van der Waals surface area contributed by atoms with Gasteiger partial charge in [0.1, 0.15) is 6.54 Å².